The molecule has 1 fully saturated rings. The smallest absolute Gasteiger partial charge is 0.323 e. The summed E-state index contributed by atoms with van der Waals surface area (Å²) in [5.74, 6) is 1.10. The third kappa shape index (κ3) is 2.86. The van der Waals surface area contributed by atoms with E-state index in [1.54, 1.807) is 0 Å². The van der Waals surface area contributed by atoms with Gasteiger partial charge in [0.2, 0.25) is 5.91 Å². The first-order valence-corrected chi connectivity index (χ1v) is 6.99. The molecule has 0 unspecified atom stereocenters. The molecule has 1 aromatic carbocycles. The minimum absolute atomic E-state index is 0.0173. The Morgan fingerprint density at radius 2 is 1.95 bits per heavy atom. The van der Waals surface area contributed by atoms with E-state index in [1.165, 1.54) is 4.90 Å². The van der Waals surface area contributed by atoms with E-state index in [2.05, 4.69) is 21.9 Å². The maximum atomic E-state index is 12.6. The van der Waals surface area contributed by atoms with Gasteiger partial charge >= 0.3 is 5.97 Å². The van der Waals surface area contributed by atoms with Crippen molar-refractivity contribution in [3.63, 3.8) is 0 Å². The average molecular weight is 336 g/mol. The number of nitrogens with zero attached hydrogens (tertiary/aromatic N) is 1. The third-order valence-electron chi connectivity index (χ3n) is 3.45. The van der Waals surface area contributed by atoms with Crippen molar-refractivity contribution in [3.8, 4) is 12.3 Å². The lowest BCUT2D eigenvalue weighted by Gasteiger charge is -2.24. The minimum Gasteiger partial charge on any atom is -0.480 e. The van der Waals surface area contributed by atoms with E-state index in [9.17, 15) is 9.59 Å². The highest BCUT2D eigenvalue weighted by Crippen LogP contribution is 2.49. The number of carbonyl (C=O) groups excluding carboxylic acids is 1. The Bertz CT molecular complexity index is 570. The van der Waals surface area contributed by atoms with Crippen LogP contribution in [0.2, 0.25) is 0 Å². The fourth-order valence-corrected chi connectivity index (χ4v) is 2.56. The molecule has 0 bridgehead atoms. The van der Waals surface area contributed by atoms with Gasteiger partial charge in [0.25, 0.3) is 0 Å². The predicted molar refractivity (Wildman–Crippen MR) is 78.1 cm³/mol. The molecule has 2 rings (SSSR count). The van der Waals surface area contributed by atoms with Gasteiger partial charge in [-0.3, -0.25) is 9.59 Å². The zero-order valence-electron chi connectivity index (χ0n) is 10.8. The molecule has 0 radical (unpaired) electrons. The largest absolute Gasteiger partial charge is 0.480 e. The van der Waals surface area contributed by atoms with Crippen LogP contribution in [-0.4, -0.2) is 35.0 Å². The number of aliphatic carboxylic acids is 1. The summed E-state index contributed by atoms with van der Waals surface area (Å²) in [5.41, 5.74) is 0.325. The van der Waals surface area contributed by atoms with Crippen molar-refractivity contribution in [1.29, 1.82) is 0 Å². The fraction of sp³-hybridized carbons (Fsp3) is 0.333. The van der Waals surface area contributed by atoms with Gasteiger partial charge in [-0.05, 0) is 30.5 Å². The van der Waals surface area contributed by atoms with Crippen molar-refractivity contribution in [2.24, 2.45) is 0 Å². The van der Waals surface area contributed by atoms with Gasteiger partial charge in [-0.2, -0.15) is 0 Å². The van der Waals surface area contributed by atoms with Gasteiger partial charge < -0.3 is 10.0 Å². The number of hydrogen-bond donors (Lipinski definition) is 1. The maximum Gasteiger partial charge on any atom is 0.323 e. The van der Waals surface area contributed by atoms with Crippen molar-refractivity contribution in [3.05, 3.63) is 34.3 Å². The summed E-state index contributed by atoms with van der Waals surface area (Å²) in [6.45, 7) is -0.343. The van der Waals surface area contributed by atoms with E-state index < -0.39 is 11.4 Å². The lowest BCUT2D eigenvalue weighted by Crippen LogP contribution is -2.42. The van der Waals surface area contributed by atoms with Crippen molar-refractivity contribution in [2.75, 3.05) is 13.1 Å². The Morgan fingerprint density at radius 3 is 2.40 bits per heavy atom. The summed E-state index contributed by atoms with van der Waals surface area (Å²) < 4.78 is 0.940. The van der Waals surface area contributed by atoms with E-state index in [-0.39, 0.29) is 19.0 Å². The normalized spacial score (nSPS) is 15.2. The Balaban J connectivity index is 2.24. The molecule has 20 heavy (non-hydrogen) atoms. The second kappa shape index (κ2) is 5.68. The number of halogens is 1. The van der Waals surface area contributed by atoms with Gasteiger partial charge in [0, 0.05) is 4.47 Å². The summed E-state index contributed by atoms with van der Waals surface area (Å²) in [4.78, 5) is 24.7. The number of amides is 1. The topological polar surface area (TPSA) is 57.6 Å². The molecule has 1 aliphatic carbocycles. The zero-order valence-corrected chi connectivity index (χ0v) is 12.4. The van der Waals surface area contributed by atoms with Crippen LogP contribution < -0.4 is 0 Å². The molecule has 0 saturated heterocycles. The van der Waals surface area contributed by atoms with Crippen LogP contribution in [0.15, 0.2) is 28.7 Å². The lowest BCUT2D eigenvalue weighted by molar-refractivity contribution is -0.145. The Kier molecular flexibility index (Phi) is 4.15. The minimum atomic E-state index is -1.06. The van der Waals surface area contributed by atoms with Gasteiger partial charge in [0.1, 0.15) is 6.54 Å². The lowest BCUT2D eigenvalue weighted by atomic mass is 9.94. The monoisotopic (exact) mass is 335 g/mol. The second-order valence-electron chi connectivity index (χ2n) is 4.85. The first-order chi connectivity index (χ1) is 9.49. The van der Waals surface area contributed by atoms with Crippen LogP contribution in [0, 0.1) is 12.3 Å². The highest BCUT2D eigenvalue weighted by molar-refractivity contribution is 9.10. The molecule has 1 aromatic rings. The SMILES string of the molecule is C#CCN(CC(=O)O)C(=O)C1(c2ccc(Br)cc2)CC1. The number of carbonyl (C=O) groups is 2. The molecular formula is C15H14BrNO3. The van der Waals surface area contributed by atoms with Gasteiger partial charge in [-0.1, -0.05) is 34.0 Å². The Labute approximate surface area is 125 Å². The molecular weight excluding hydrogens is 322 g/mol. The molecule has 0 atom stereocenters. The molecule has 0 aliphatic heterocycles. The summed E-state index contributed by atoms with van der Waals surface area (Å²) in [7, 11) is 0. The number of hydrogen-bond acceptors (Lipinski definition) is 2. The van der Waals surface area contributed by atoms with Gasteiger partial charge in [-0.25, -0.2) is 0 Å². The van der Waals surface area contributed by atoms with E-state index in [0.29, 0.717) is 0 Å². The van der Waals surface area contributed by atoms with Crippen molar-refractivity contribution in [1.82, 2.24) is 4.90 Å². The highest BCUT2D eigenvalue weighted by atomic mass is 79.9. The quantitative estimate of drug-likeness (QED) is 0.837. The summed E-state index contributed by atoms with van der Waals surface area (Å²) in [6, 6.07) is 7.55. The Morgan fingerprint density at radius 1 is 1.35 bits per heavy atom. The first-order valence-electron chi connectivity index (χ1n) is 6.20. The van der Waals surface area contributed by atoms with Gasteiger partial charge in [0.05, 0.1) is 12.0 Å². The summed E-state index contributed by atoms with van der Waals surface area (Å²) in [5, 5.41) is 8.88. The van der Waals surface area contributed by atoms with Crippen LogP contribution in [0.1, 0.15) is 18.4 Å². The molecule has 4 nitrogen and oxygen atoms in total. The van der Waals surface area contributed by atoms with Crippen LogP contribution in [0.4, 0.5) is 0 Å². The molecule has 0 aromatic heterocycles. The van der Waals surface area contributed by atoms with Crippen LogP contribution in [0.3, 0.4) is 0 Å². The molecule has 104 valence electrons. The molecule has 0 heterocycles. The van der Waals surface area contributed by atoms with Crippen LogP contribution in [-0.2, 0) is 15.0 Å². The van der Waals surface area contributed by atoms with E-state index in [1.807, 2.05) is 24.3 Å². The molecule has 1 N–H and O–H groups in total. The summed E-state index contributed by atoms with van der Waals surface area (Å²) >= 11 is 3.36. The number of terminal acetylenes is 1. The predicted octanol–water partition coefficient (Wildman–Crippen LogP) is 2.03. The molecule has 0 spiro atoms. The van der Waals surface area contributed by atoms with Gasteiger partial charge in [0.15, 0.2) is 0 Å². The van der Waals surface area contributed by atoms with E-state index in [0.717, 1.165) is 22.9 Å². The van der Waals surface area contributed by atoms with Crippen molar-refractivity contribution < 1.29 is 14.7 Å². The molecule has 5 heteroatoms. The highest BCUT2D eigenvalue weighted by Gasteiger charge is 2.53. The van der Waals surface area contributed by atoms with E-state index >= 15 is 0 Å². The number of benzene rings is 1. The standard InChI is InChI=1S/C15H14BrNO3/c1-2-9-17(10-13(18)19)14(20)15(7-8-15)11-3-5-12(16)6-4-11/h1,3-6H,7-10H2,(H,18,19). The Hall–Kier alpha value is -1.80. The zero-order chi connectivity index (χ0) is 14.8. The number of rotatable bonds is 5. The number of carboxylic acid groups (broad SMARTS) is 1. The maximum absolute atomic E-state index is 12.6. The van der Waals surface area contributed by atoms with Gasteiger partial charge in [-0.15, -0.1) is 6.42 Å². The third-order valence-corrected chi connectivity index (χ3v) is 3.98. The average Bonchev–Trinajstić information content (AvgIpc) is 3.19. The van der Waals surface area contributed by atoms with Crippen LogP contribution in [0.25, 0.3) is 0 Å². The first kappa shape index (κ1) is 14.6. The fourth-order valence-electron chi connectivity index (χ4n) is 2.30. The molecule has 1 saturated carbocycles. The second-order valence-corrected chi connectivity index (χ2v) is 5.76. The molecule has 1 aliphatic rings. The van der Waals surface area contributed by atoms with Crippen LogP contribution >= 0.6 is 15.9 Å². The van der Waals surface area contributed by atoms with E-state index in [4.69, 9.17) is 11.5 Å². The molecule has 1 amide bonds. The van der Waals surface area contributed by atoms with Crippen molar-refractivity contribution in [2.45, 2.75) is 18.3 Å². The summed E-state index contributed by atoms with van der Waals surface area (Å²) in [6.07, 6.45) is 6.68. The van der Waals surface area contributed by atoms with Crippen LogP contribution in [0.5, 0.6) is 0 Å². The number of carboxylic acids is 1. The van der Waals surface area contributed by atoms with Crippen molar-refractivity contribution >= 4 is 27.8 Å².